The monoisotopic (exact) mass is 225 g/mol. The van der Waals surface area contributed by atoms with E-state index in [1.165, 1.54) is 6.33 Å². The summed E-state index contributed by atoms with van der Waals surface area (Å²) in [5.41, 5.74) is 0. The number of ether oxygens (including phenoxy) is 2. The van der Waals surface area contributed by atoms with E-state index in [0.717, 1.165) is 12.4 Å². The minimum Gasteiger partial charge on any atom is -0.475 e. The number of nitrogens with zero attached hydrogens (tertiary/aromatic N) is 2. The fourth-order valence-corrected chi connectivity index (χ4v) is 1.08. The number of anilines is 1. The molecule has 0 unspecified atom stereocenters. The van der Waals surface area contributed by atoms with E-state index < -0.39 is 0 Å². The summed E-state index contributed by atoms with van der Waals surface area (Å²) in [5, 5.41) is 2.92. The molecule has 0 saturated heterocycles. The topological polar surface area (TPSA) is 56.3 Å². The van der Waals surface area contributed by atoms with Gasteiger partial charge in [-0.25, -0.2) is 9.97 Å². The van der Waals surface area contributed by atoms with E-state index in [4.69, 9.17) is 9.47 Å². The van der Waals surface area contributed by atoms with Gasteiger partial charge in [0.05, 0.1) is 6.61 Å². The van der Waals surface area contributed by atoms with Gasteiger partial charge in [-0.05, 0) is 5.92 Å². The fraction of sp³-hybridized carbons (Fsp3) is 0.636. The molecule has 0 aliphatic heterocycles. The van der Waals surface area contributed by atoms with E-state index >= 15 is 0 Å². The molecular formula is C11H19N3O2. The Balaban J connectivity index is 2.21. The highest BCUT2D eigenvalue weighted by Crippen LogP contribution is 2.09. The first-order chi connectivity index (χ1) is 7.72. The summed E-state index contributed by atoms with van der Waals surface area (Å²) < 4.78 is 10.8. The summed E-state index contributed by atoms with van der Waals surface area (Å²) in [6.45, 7) is 6.08. The quantitative estimate of drug-likeness (QED) is 0.714. The average molecular weight is 225 g/mol. The number of nitrogens with one attached hydrogen (secondary N) is 1. The molecule has 0 fully saturated rings. The third-order valence-electron chi connectivity index (χ3n) is 1.83. The van der Waals surface area contributed by atoms with Gasteiger partial charge < -0.3 is 14.8 Å². The van der Waals surface area contributed by atoms with Gasteiger partial charge in [0, 0.05) is 19.7 Å². The zero-order valence-corrected chi connectivity index (χ0v) is 10.1. The smallest absolute Gasteiger partial charge is 0.218 e. The molecule has 5 nitrogen and oxygen atoms in total. The van der Waals surface area contributed by atoms with E-state index in [9.17, 15) is 0 Å². The summed E-state index contributed by atoms with van der Waals surface area (Å²) in [6, 6.07) is 1.75. The van der Waals surface area contributed by atoms with E-state index in [1.54, 1.807) is 13.1 Å². The van der Waals surface area contributed by atoms with E-state index in [0.29, 0.717) is 25.0 Å². The van der Waals surface area contributed by atoms with Crippen molar-refractivity contribution in [3.63, 3.8) is 0 Å². The van der Waals surface area contributed by atoms with Crippen LogP contribution in [0.4, 0.5) is 5.82 Å². The Kier molecular flexibility index (Phi) is 5.56. The van der Waals surface area contributed by atoms with Crippen molar-refractivity contribution in [2.24, 2.45) is 5.92 Å². The Morgan fingerprint density at radius 1 is 1.31 bits per heavy atom. The average Bonchev–Trinajstić information content (AvgIpc) is 2.28. The molecule has 0 radical (unpaired) electrons. The molecule has 0 bridgehead atoms. The highest BCUT2D eigenvalue weighted by atomic mass is 16.5. The Labute approximate surface area is 96.2 Å². The van der Waals surface area contributed by atoms with Crippen LogP contribution in [-0.4, -0.2) is 36.8 Å². The van der Waals surface area contributed by atoms with Crippen LogP contribution in [0.2, 0.25) is 0 Å². The molecule has 1 N–H and O–H groups in total. The number of aromatic nitrogens is 2. The Hall–Kier alpha value is -1.36. The van der Waals surface area contributed by atoms with Gasteiger partial charge in [-0.15, -0.1) is 0 Å². The third kappa shape index (κ3) is 4.93. The van der Waals surface area contributed by atoms with Crippen LogP contribution in [0.15, 0.2) is 12.4 Å². The van der Waals surface area contributed by atoms with Crippen molar-refractivity contribution in [3.8, 4) is 5.88 Å². The van der Waals surface area contributed by atoms with Crippen LogP contribution < -0.4 is 10.1 Å². The van der Waals surface area contributed by atoms with E-state index in [-0.39, 0.29) is 0 Å². The standard InChI is InChI=1S/C11H19N3O2/c1-9(2)7-15-4-5-16-11-6-10(12-3)13-8-14-11/h6,8-9H,4-5,7H2,1-3H3,(H,12,13,14). The number of hydrogen-bond acceptors (Lipinski definition) is 5. The fourth-order valence-electron chi connectivity index (χ4n) is 1.08. The maximum atomic E-state index is 5.41. The second-order valence-corrected chi connectivity index (χ2v) is 3.81. The van der Waals surface area contributed by atoms with Gasteiger partial charge in [0.1, 0.15) is 18.8 Å². The molecule has 90 valence electrons. The third-order valence-corrected chi connectivity index (χ3v) is 1.83. The lowest BCUT2D eigenvalue weighted by molar-refractivity contribution is 0.0806. The van der Waals surface area contributed by atoms with Gasteiger partial charge in [0.15, 0.2) is 0 Å². The Bertz CT molecular complexity index is 305. The molecular weight excluding hydrogens is 206 g/mol. The molecule has 0 saturated carbocycles. The number of rotatable bonds is 7. The first kappa shape index (κ1) is 12.7. The van der Waals surface area contributed by atoms with Crippen molar-refractivity contribution in [1.82, 2.24) is 9.97 Å². The largest absolute Gasteiger partial charge is 0.475 e. The van der Waals surface area contributed by atoms with Gasteiger partial charge in [-0.1, -0.05) is 13.8 Å². The van der Waals surface area contributed by atoms with Crippen molar-refractivity contribution < 1.29 is 9.47 Å². The predicted molar refractivity (Wildman–Crippen MR) is 62.7 cm³/mol. The zero-order chi connectivity index (χ0) is 11.8. The van der Waals surface area contributed by atoms with Crippen molar-refractivity contribution in [2.75, 3.05) is 32.2 Å². The molecule has 1 aromatic heterocycles. The van der Waals surface area contributed by atoms with Gasteiger partial charge in [-0.2, -0.15) is 0 Å². The van der Waals surface area contributed by atoms with E-state index in [1.807, 2.05) is 0 Å². The van der Waals surface area contributed by atoms with Crippen molar-refractivity contribution in [2.45, 2.75) is 13.8 Å². The molecule has 1 aromatic rings. The highest BCUT2D eigenvalue weighted by molar-refractivity contribution is 5.35. The second-order valence-electron chi connectivity index (χ2n) is 3.81. The molecule has 5 heteroatoms. The summed E-state index contributed by atoms with van der Waals surface area (Å²) in [5.74, 6) is 1.86. The molecule has 16 heavy (non-hydrogen) atoms. The van der Waals surface area contributed by atoms with Gasteiger partial charge in [0.2, 0.25) is 5.88 Å². The Morgan fingerprint density at radius 3 is 2.81 bits per heavy atom. The molecule has 0 aliphatic carbocycles. The lowest BCUT2D eigenvalue weighted by Crippen LogP contribution is -2.10. The SMILES string of the molecule is CNc1cc(OCCOCC(C)C)ncn1. The van der Waals surface area contributed by atoms with Crippen LogP contribution in [0.25, 0.3) is 0 Å². The Morgan fingerprint density at radius 2 is 2.12 bits per heavy atom. The van der Waals surface area contributed by atoms with Crippen LogP contribution >= 0.6 is 0 Å². The lowest BCUT2D eigenvalue weighted by Gasteiger charge is -2.08. The first-order valence-electron chi connectivity index (χ1n) is 5.42. The summed E-state index contributed by atoms with van der Waals surface area (Å²) >= 11 is 0. The highest BCUT2D eigenvalue weighted by Gasteiger charge is 1.98. The van der Waals surface area contributed by atoms with Crippen LogP contribution in [0.5, 0.6) is 5.88 Å². The molecule has 1 rings (SSSR count). The molecule has 0 aromatic carbocycles. The molecule has 0 atom stereocenters. The molecule has 0 aliphatic rings. The van der Waals surface area contributed by atoms with Crippen molar-refractivity contribution >= 4 is 5.82 Å². The molecule has 1 heterocycles. The van der Waals surface area contributed by atoms with Crippen LogP contribution in [0, 0.1) is 5.92 Å². The first-order valence-corrected chi connectivity index (χ1v) is 5.42. The maximum Gasteiger partial charge on any atom is 0.218 e. The van der Waals surface area contributed by atoms with Gasteiger partial charge in [-0.3, -0.25) is 0 Å². The second kappa shape index (κ2) is 7.00. The minimum atomic E-state index is 0.507. The minimum absolute atomic E-state index is 0.507. The molecule has 0 spiro atoms. The predicted octanol–water partition coefficient (Wildman–Crippen LogP) is 1.57. The normalized spacial score (nSPS) is 10.5. The van der Waals surface area contributed by atoms with Gasteiger partial charge >= 0.3 is 0 Å². The summed E-state index contributed by atoms with van der Waals surface area (Å²) in [6.07, 6.45) is 1.47. The zero-order valence-electron chi connectivity index (χ0n) is 10.1. The number of hydrogen-bond donors (Lipinski definition) is 1. The van der Waals surface area contributed by atoms with Crippen LogP contribution in [0.1, 0.15) is 13.8 Å². The van der Waals surface area contributed by atoms with E-state index in [2.05, 4.69) is 29.1 Å². The summed E-state index contributed by atoms with van der Waals surface area (Å²) in [4.78, 5) is 7.98. The summed E-state index contributed by atoms with van der Waals surface area (Å²) in [7, 11) is 1.80. The van der Waals surface area contributed by atoms with Crippen molar-refractivity contribution in [1.29, 1.82) is 0 Å². The van der Waals surface area contributed by atoms with Crippen molar-refractivity contribution in [3.05, 3.63) is 12.4 Å². The molecule has 0 amide bonds. The van der Waals surface area contributed by atoms with Gasteiger partial charge in [0.25, 0.3) is 0 Å². The van der Waals surface area contributed by atoms with Crippen LogP contribution in [0.3, 0.4) is 0 Å². The lowest BCUT2D eigenvalue weighted by atomic mass is 10.2. The maximum absolute atomic E-state index is 5.41. The van der Waals surface area contributed by atoms with Crippen LogP contribution in [-0.2, 0) is 4.74 Å².